The summed E-state index contributed by atoms with van der Waals surface area (Å²) in [5.74, 6) is 0.00614. The van der Waals surface area contributed by atoms with Crippen LogP contribution < -0.4 is 14.4 Å². The van der Waals surface area contributed by atoms with Crippen LogP contribution in [0.4, 0.5) is 11.4 Å². The zero-order chi connectivity index (χ0) is 20.9. The number of hydrogen-bond donors (Lipinski definition) is 1. The molecule has 0 aliphatic heterocycles. The van der Waals surface area contributed by atoms with Gasteiger partial charge in [-0.15, -0.1) is 11.8 Å². The highest BCUT2D eigenvalue weighted by molar-refractivity contribution is 7.98. The highest BCUT2D eigenvalue weighted by Gasteiger charge is 2.32. The molecule has 28 heavy (non-hydrogen) atoms. The molecule has 1 atom stereocenters. The quantitative estimate of drug-likeness (QED) is 0.618. The van der Waals surface area contributed by atoms with E-state index < -0.39 is 22.0 Å². The third-order valence-electron chi connectivity index (χ3n) is 4.08. The first-order valence-corrected chi connectivity index (χ1v) is 11.9. The van der Waals surface area contributed by atoms with Crippen LogP contribution in [0.1, 0.15) is 13.3 Å². The predicted molar refractivity (Wildman–Crippen MR) is 116 cm³/mol. The Bertz CT molecular complexity index is 951. The Morgan fingerprint density at radius 3 is 2.50 bits per heavy atom. The van der Waals surface area contributed by atoms with E-state index >= 15 is 0 Å². The van der Waals surface area contributed by atoms with E-state index in [1.165, 1.54) is 24.9 Å². The summed E-state index contributed by atoms with van der Waals surface area (Å²) in [5, 5.41) is 3.11. The number of halogens is 1. The van der Waals surface area contributed by atoms with Gasteiger partial charge in [0.2, 0.25) is 15.9 Å². The van der Waals surface area contributed by atoms with E-state index in [0.717, 1.165) is 15.5 Å². The minimum Gasteiger partial charge on any atom is -0.495 e. The maximum atomic E-state index is 13.0. The number of thioether (sulfide) groups is 1. The Hall–Kier alpha value is -1.90. The van der Waals surface area contributed by atoms with Crippen molar-refractivity contribution in [2.45, 2.75) is 24.3 Å². The van der Waals surface area contributed by atoms with Crippen molar-refractivity contribution in [1.82, 2.24) is 0 Å². The Morgan fingerprint density at radius 1 is 1.29 bits per heavy atom. The number of carbonyl (C=O) groups excluding carboxylic acids is 1. The lowest BCUT2D eigenvalue weighted by molar-refractivity contribution is -0.117. The molecule has 0 aliphatic rings. The molecule has 2 aromatic carbocycles. The van der Waals surface area contributed by atoms with Gasteiger partial charge in [-0.25, -0.2) is 8.42 Å². The first-order chi connectivity index (χ1) is 13.2. The van der Waals surface area contributed by atoms with Crippen LogP contribution in [0, 0.1) is 0 Å². The van der Waals surface area contributed by atoms with Gasteiger partial charge in [0, 0.05) is 4.90 Å². The monoisotopic (exact) mass is 442 g/mol. The van der Waals surface area contributed by atoms with Gasteiger partial charge in [0.05, 0.1) is 29.8 Å². The highest BCUT2D eigenvalue weighted by atomic mass is 35.5. The van der Waals surface area contributed by atoms with Crippen LogP contribution in [-0.2, 0) is 14.8 Å². The summed E-state index contributed by atoms with van der Waals surface area (Å²) in [6.45, 7) is 1.76. The zero-order valence-electron chi connectivity index (χ0n) is 16.1. The summed E-state index contributed by atoms with van der Waals surface area (Å²) in [4.78, 5) is 13.9. The molecule has 0 saturated heterocycles. The van der Waals surface area contributed by atoms with Gasteiger partial charge in [0.25, 0.3) is 0 Å². The van der Waals surface area contributed by atoms with Crippen LogP contribution in [0.5, 0.6) is 5.75 Å². The van der Waals surface area contributed by atoms with Gasteiger partial charge in [0.15, 0.2) is 0 Å². The number of carbonyl (C=O) groups is 1. The molecule has 0 heterocycles. The molecule has 152 valence electrons. The van der Waals surface area contributed by atoms with Crippen LogP contribution >= 0.6 is 23.4 Å². The molecule has 0 saturated carbocycles. The lowest BCUT2D eigenvalue weighted by atomic mass is 10.1. The number of ether oxygens (including phenoxy) is 1. The standard InChI is InChI=1S/C19H23ClN2O4S2/c1-5-16(19(23)21-15-8-6-7-9-18(15)27-3)22(28(4,24)25)13-10-11-17(26-2)14(20)12-13/h6-12,16H,5H2,1-4H3,(H,21,23)/t16-/m0/s1. The van der Waals surface area contributed by atoms with Crippen molar-refractivity contribution in [2.24, 2.45) is 0 Å². The number of benzene rings is 2. The van der Waals surface area contributed by atoms with Crippen LogP contribution in [0.2, 0.25) is 5.02 Å². The fourth-order valence-electron chi connectivity index (χ4n) is 2.82. The molecule has 1 N–H and O–H groups in total. The van der Waals surface area contributed by atoms with E-state index in [2.05, 4.69) is 5.32 Å². The second-order valence-electron chi connectivity index (χ2n) is 5.99. The van der Waals surface area contributed by atoms with Crippen molar-refractivity contribution in [3.05, 3.63) is 47.5 Å². The number of amides is 1. The Balaban J connectivity index is 2.43. The number of methoxy groups -OCH3 is 1. The topological polar surface area (TPSA) is 75.7 Å². The van der Waals surface area contributed by atoms with Crippen molar-refractivity contribution >= 4 is 50.7 Å². The summed E-state index contributed by atoms with van der Waals surface area (Å²) in [6.07, 6.45) is 3.26. The fraction of sp³-hybridized carbons (Fsp3) is 0.316. The molecule has 0 aliphatic carbocycles. The van der Waals surface area contributed by atoms with Crippen molar-refractivity contribution in [2.75, 3.05) is 29.2 Å². The minimum atomic E-state index is -3.75. The second kappa shape index (κ2) is 9.54. The van der Waals surface area contributed by atoms with Crippen LogP contribution in [0.25, 0.3) is 0 Å². The van der Waals surface area contributed by atoms with Crippen molar-refractivity contribution in [1.29, 1.82) is 0 Å². The molecule has 6 nitrogen and oxygen atoms in total. The normalized spacial score (nSPS) is 12.3. The number of hydrogen-bond acceptors (Lipinski definition) is 5. The lowest BCUT2D eigenvalue weighted by Gasteiger charge is -2.30. The van der Waals surface area contributed by atoms with Crippen molar-refractivity contribution in [3.8, 4) is 5.75 Å². The Labute approximate surface area is 175 Å². The van der Waals surface area contributed by atoms with Gasteiger partial charge in [-0.1, -0.05) is 30.7 Å². The van der Waals surface area contributed by atoms with E-state index in [0.29, 0.717) is 17.1 Å². The molecule has 1 amide bonds. The SMILES string of the molecule is CC[C@@H](C(=O)Nc1ccccc1SC)N(c1ccc(OC)c(Cl)c1)S(C)(=O)=O. The summed E-state index contributed by atoms with van der Waals surface area (Å²) in [6, 6.07) is 11.0. The van der Waals surface area contributed by atoms with Crippen LogP contribution in [-0.4, -0.2) is 40.0 Å². The second-order valence-corrected chi connectivity index (χ2v) is 9.11. The van der Waals surface area contributed by atoms with Crippen molar-refractivity contribution < 1.29 is 17.9 Å². The smallest absolute Gasteiger partial charge is 0.248 e. The average molecular weight is 443 g/mol. The molecule has 2 aromatic rings. The molecule has 0 radical (unpaired) electrons. The van der Waals surface area contributed by atoms with E-state index in [9.17, 15) is 13.2 Å². The first kappa shape index (κ1) is 22.4. The third-order valence-corrected chi connectivity index (χ3v) is 6.36. The van der Waals surface area contributed by atoms with E-state index in [-0.39, 0.29) is 11.4 Å². The summed E-state index contributed by atoms with van der Waals surface area (Å²) in [7, 11) is -2.28. The Kier molecular flexibility index (Phi) is 7.63. The van der Waals surface area contributed by atoms with E-state index in [1.807, 2.05) is 24.5 Å². The number of nitrogens with one attached hydrogen (secondary N) is 1. The third kappa shape index (κ3) is 5.12. The molecule has 0 aromatic heterocycles. The van der Waals surface area contributed by atoms with Crippen LogP contribution in [0.3, 0.4) is 0 Å². The zero-order valence-corrected chi connectivity index (χ0v) is 18.5. The first-order valence-electron chi connectivity index (χ1n) is 8.49. The van der Waals surface area contributed by atoms with Gasteiger partial charge >= 0.3 is 0 Å². The van der Waals surface area contributed by atoms with Crippen molar-refractivity contribution in [3.63, 3.8) is 0 Å². The van der Waals surface area contributed by atoms with Gasteiger partial charge < -0.3 is 10.1 Å². The van der Waals surface area contributed by atoms with Gasteiger partial charge in [-0.05, 0) is 43.0 Å². The molecular weight excluding hydrogens is 420 g/mol. The molecule has 0 fully saturated rings. The molecule has 0 unspecified atom stereocenters. The summed E-state index contributed by atoms with van der Waals surface area (Å²) < 4.78 is 31.3. The molecule has 0 bridgehead atoms. The van der Waals surface area contributed by atoms with Crippen LogP contribution in [0.15, 0.2) is 47.4 Å². The fourth-order valence-corrected chi connectivity index (χ4v) is 4.83. The average Bonchev–Trinajstić information content (AvgIpc) is 2.65. The molecule has 9 heteroatoms. The molecule has 0 spiro atoms. The van der Waals surface area contributed by atoms with E-state index in [4.69, 9.17) is 16.3 Å². The minimum absolute atomic E-state index is 0.261. The van der Waals surface area contributed by atoms with E-state index in [1.54, 1.807) is 25.1 Å². The molecule has 2 rings (SSSR count). The number of anilines is 2. The molecular formula is C19H23ClN2O4S2. The number of sulfonamides is 1. The largest absolute Gasteiger partial charge is 0.495 e. The number of nitrogens with zero attached hydrogens (tertiary/aromatic N) is 1. The Morgan fingerprint density at radius 2 is 1.96 bits per heavy atom. The summed E-state index contributed by atoms with van der Waals surface area (Å²) >= 11 is 7.67. The predicted octanol–water partition coefficient (Wildman–Crippen LogP) is 4.25. The van der Waals surface area contributed by atoms with Gasteiger partial charge in [-0.3, -0.25) is 9.10 Å². The van der Waals surface area contributed by atoms with Gasteiger partial charge in [-0.2, -0.15) is 0 Å². The highest BCUT2D eigenvalue weighted by Crippen LogP contribution is 2.32. The summed E-state index contributed by atoms with van der Waals surface area (Å²) in [5.41, 5.74) is 0.938. The van der Waals surface area contributed by atoms with Gasteiger partial charge in [0.1, 0.15) is 11.8 Å². The number of rotatable bonds is 8. The number of para-hydroxylation sites is 1. The maximum Gasteiger partial charge on any atom is 0.248 e. The maximum absolute atomic E-state index is 13.0. The lowest BCUT2D eigenvalue weighted by Crippen LogP contribution is -2.47.